The van der Waals surface area contributed by atoms with Gasteiger partial charge in [-0.2, -0.15) is 0 Å². The molecule has 2 heterocycles. The van der Waals surface area contributed by atoms with E-state index in [2.05, 4.69) is 9.97 Å². The lowest BCUT2D eigenvalue weighted by molar-refractivity contribution is 0.112. The van der Waals surface area contributed by atoms with Gasteiger partial charge in [0.2, 0.25) is 0 Å². The van der Waals surface area contributed by atoms with Crippen LogP contribution in [0.4, 0.5) is 5.82 Å². The number of hydrogen-bond donors (Lipinski definition) is 0. The van der Waals surface area contributed by atoms with Crippen molar-refractivity contribution in [3.8, 4) is 0 Å². The molecule has 2 rings (SSSR count). The monoisotopic (exact) mass is 251 g/mol. The Morgan fingerprint density at radius 2 is 2.35 bits per heavy atom. The lowest BCUT2D eigenvalue weighted by Crippen LogP contribution is -2.19. The van der Waals surface area contributed by atoms with Gasteiger partial charge in [0.25, 0.3) is 0 Å². The molecule has 0 amide bonds. The molecular formula is C11H10ClN3O2. The first-order chi connectivity index (χ1) is 8.22. The molecule has 6 heteroatoms. The van der Waals surface area contributed by atoms with Gasteiger partial charge in [-0.05, 0) is 12.1 Å². The van der Waals surface area contributed by atoms with E-state index in [-0.39, 0.29) is 10.7 Å². The Bertz CT molecular complexity index is 513. The maximum absolute atomic E-state index is 10.9. The highest BCUT2D eigenvalue weighted by Crippen LogP contribution is 2.21. The quantitative estimate of drug-likeness (QED) is 0.616. The first-order valence-corrected chi connectivity index (χ1v) is 5.29. The van der Waals surface area contributed by atoms with Gasteiger partial charge in [0.05, 0.1) is 18.4 Å². The maximum Gasteiger partial charge on any atom is 0.156 e. The zero-order chi connectivity index (χ0) is 12.3. The van der Waals surface area contributed by atoms with Crippen molar-refractivity contribution in [2.75, 3.05) is 11.9 Å². The van der Waals surface area contributed by atoms with E-state index in [0.29, 0.717) is 18.6 Å². The number of hydrogen-bond acceptors (Lipinski definition) is 5. The zero-order valence-corrected chi connectivity index (χ0v) is 9.89. The smallest absolute Gasteiger partial charge is 0.156 e. The number of anilines is 1. The number of nitrogens with zero attached hydrogens (tertiary/aromatic N) is 3. The van der Waals surface area contributed by atoms with Gasteiger partial charge in [-0.3, -0.25) is 4.79 Å². The van der Waals surface area contributed by atoms with E-state index in [1.54, 1.807) is 24.3 Å². The molecule has 0 N–H and O–H groups in total. The minimum Gasteiger partial charge on any atom is -0.467 e. The number of halogens is 1. The highest BCUT2D eigenvalue weighted by molar-refractivity contribution is 6.32. The van der Waals surface area contributed by atoms with Crippen molar-refractivity contribution in [3.63, 3.8) is 0 Å². The number of aldehydes is 1. The SMILES string of the molecule is CN(Cc1ccco1)c1ncnc(Cl)c1C=O. The molecule has 0 aliphatic rings. The number of furan rings is 1. The fraction of sp³-hybridized carbons (Fsp3) is 0.182. The van der Waals surface area contributed by atoms with Crippen LogP contribution in [0, 0.1) is 0 Å². The fourth-order valence-corrected chi connectivity index (χ4v) is 1.65. The Kier molecular flexibility index (Phi) is 3.39. The number of rotatable bonds is 4. The molecule has 17 heavy (non-hydrogen) atoms. The molecule has 0 aliphatic carbocycles. The van der Waals surface area contributed by atoms with Gasteiger partial charge in [-0.25, -0.2) is 9.97 Å². The Morgan fingerprint density at radius 1 is 1.53 bits per heavy atom. The van der Waals surface area contributed by atoms with Crippen LogP contribution in [0.3, 0.4) is 0 Å². The van der Waals surface area contributed by atoms with E-state index in [0.717, 1.165) is 5.76 Å². The summed E-state index contributed by atoms with van der Waals surface area (Å²) >= 11 is 5.82. The van der Waals surface area contributed by atoms with Crippen LogP contribution < -0.4 is 4.90 Å². The second kappa shape index (κ2) is 4.97. The summed E-state index contributed by atoms with van der Waals surface area (Å²) in [5, 5.41) is 0.149. The van der Waals surface area contributed by atoms with E-state index in [1.165, 1.54) is 6.33 Å². The molecule has 0 saturated heterocycles. The molecule has 0 radical (unpaired) electrons. The van der Waals surface area contributed by atoms with Crippen molar-refractivity contribution in [2.24, 2.45) is 0 Å². The standard InChI is InChI=1S/C11H10ClN3O2/c1-15(5-8-3-2-4-17-8)11-9(6-16)10(12)13-7-14-11/h2-4,6-7H,5H2,1H3. The van der Waals surface area contributed by atoms with Gasteiger partial charge < -0.3 is 9.32 Å². The molecule has 0 bridgehead atoms. The van der Waals surface area contributed by atoms with Crippen molar-refractivity contribution in [3.05, 3.63) is 41.2 Å². The molecule has 2 aromatic rings. The van der Waals surface area contributed by atoms with E-state index < -0.39 is 0 Å². The fourth-order valence-electron chi connectivity index (χ4n) is 1.48. The van der Waals surface area contributed by atoms with Crippen molar-refractivity contribution in [1.82, 2.24) is 9.97 Å². The minimum absolute atomic E-state index is 0.149. The first kappa shape index (κ1) is 11.6. The summed E-state index contributed by atoms with van der Waals surface area (Å²) in [6.07, 6.45) is 3.57. The van der Waals surface area contributed by atoms with Crippen molar-refractivity contribution in [1.29, 1.82) is 0 Å². The van der Waals surface area contributed by atoms with Crippen LogP contribution in [0.25, 0.3) is 0 Å². The van der Waals surface area contributed by atoms with Crippen LogP contribution in [0.2, 0.25) is 5.15 Å². The van der Waals surface area contributed by atoms with Gasteiger partial charge in [-0.1, -0.05) is 11.6 Å². The maximum atomic E-state index is 10.9. The molecule has 0 atom stereocenters. The molecule has 0 saturated carbocycles. The van der Waals surface area contributed by atoms with Crippen molar-refractivity contribution < 1.29 is 9.21 Å². The topological polar surface area (TPSA) is 59.2 Å². The van der Waals surface area contributed by atoms with E-state index in [4.69, 9.17) is 16.0 Å². The zero-order valence-electron chi connectivity index (χ0n) is 9.13. The molecule has 0 unspecified atom stereocenters. The second-order valence-corrected chi connectivity index (χ2v) is 3.81. The van der Waals surface area contributed by atoms with Gasteiger partial charge in [-0.15, -0.1) is 0 Å². The van der Waals surface area contributed by atoms with Crippen LogP contribution in [0.1, 0.15) is 16.1 Å². The molecule has 2 aromatic heterocycles. The molecule has 88 valence electrons. The highest BCUT2D eigenvalue weighted by Gasteiger charge is 2.13. The third-order valence-corrected chi connectivity index (χ3v) is 2.57. The van der Waals surface area contributed by atoms with Gasteiger partial charge >= 0.3 is 0 Å². The average molecular weight is 252 g/mol. The Labute approximate surface area is 103 Å². The lowest BCUT2D eigenvalue weighted by Gasteiger charge is -2.18. The van der Waals surface area contributed by atoms with Crippen molar-refractivity contribution >= 4 is 23.7 Å². The Hall–Kier alpha value is -1.88. The van der Waals surface area contributed by atoms with Crippen LogP contribution in [0.15, 0.2) is 29.1 Å². The van der Waals surface area contributed by atoms with Gasteiger partial charge in [0.15, 0.2) is 6.29 Å². The minimum atomic E-state index is 0.149. The summed E-state index contributed by atoms with van der Waals surface area (Å²) in [6, 6.07) is 3.65. The van der Waals surface area contributed by atoms with Gasteiger partial charge in [0.1, 0.15) is 23.1 Å². The first-order valence-electron chi connectivity index (χ1n) is 4.91. The summed E-state index contributed by atoms with van der Waals surface area (Å²) in [5.74, 6) is 1.26. The molecule has 0 aromatic carbocycles. The van der Waals surface area contributed by atoms with Gasteiger partial charge in [0, 0.05) is 7.05 Å². The number of carbonyl (C=O) groups is 1. The second-order valence-electron chi connectivity index (χ2n) is 3.46. The summed E-state index contributed by atoms with van der Waals surface area (Å²) in [6.45, 7) is 0.501. The molecular weight excluding hydrogens is 242 g/mol. The van der Waals surface area contributed by atoms with E-state index in [1.807, 2.05) is 6.07 Å². The van der Waals surface area contributed by atoms with Crippen LogP contribution >= 0.6 is 11.6 Å². The number of aromatic nitrogens is 2. The molecule has 0 spiro atoms. The predicted molar refractivity (Wildman–Crippen MR) is 63.2 cm³/mol. The van der Waals surface area contributed by atoms with Crippen molar-refractivity contribution in [2.45, 2.75) is 6.54 Å². The lowest BCUT2D eigenvalue weighted by atomic mass is 10.3. The molecule has 0 fully saturated rings. The van der Waals surface area contributed by atoms with Crippen LogP contribution in [-0.4, -0.2) is 23.3 Å². The van der Waals surface area contributed by atoms with Crippen LogP contribution in [0.5, 0.6) is 0 Å². The number of carbonyl (C=O) groups excluding carboxylic acids is 1. The summed E-state index contributed by atoms with van der Waals surface area (Å²) in [5.41, 5.74) is 0.281. The predicted octanol–water partition coefficient (Wildman–Crippen LogP) is 2.17. The van der Waals surface area contributed by atoms with E-state index in [9.17, 15) is 4.79 Å². The molecule has 0 aliphatic heterocycles. The summed E-state index contributed by atoms with van der Waals surface area (Å²) < 4.78 is 5.22. The third kappa shape index (κ3) is 2.45. The largest absolute Gasteiger partial charge is 0.467 e. The van der Waals surface area contributed by atoms with E-state index >= 15 is 0 Å². The molecule has 5 nitrogen and oxygen atoms in total. The summed E-state index contributed by atoms with van der Waals surface area (Å²) in [7, 11) is 1.80. The third-order valence-electron chi connectivity index (χ3n) is 2.27. The van der Waals surface area contributed by atoms with Crippen LogP contribution in [-0.2, 0) is 6.54 Å². The average Bonchev–Trinajstić information content (AvgIpc) is 2.81. The Balaban J connectivity index is 2.27. The normalized spacial score (nSPS) is 10.2. The summed E-state index contributed by atoms with van der Waals surface area (Å²) in [4.78, 5) is 20.5. The Morgan fingerprint density at radius 3 is 3.00 bits per heavy atom. The highest BCUT2D eigenvalue weighted by atomic mass is 35.5.